The molecule has 178 valence electrons. The van der Waals surface area contributed by atoms with E-state index < -0.39 is 57.5 Å². The second kappa shape index (κ2) is 7.22. The molecule has 1 heterocycles. The molecule has 14 heteroatoms. The molecule has 7 nitrogen and oxygen atoms in total. The first-order chi connectivity index (χ1) is 14.0. The molecule has 2 bridgehead atoms. The molecule has 0 aromatic rings. The first-order valence-electron chi connectivity index (χ1n) is 9.55. The summed E-state index contributed by atoms with van der Waals surface area (Å²) in [6, 6.07) is 0. The monoisotopic (exact) mass is 481 g/mol. The zero-order valence-corrected chi connectivity index (χ0v) is 17.1. The van der Waals surface area contributed by atoms with E-state index in [2.05, 4.69) is 4.74 Å². The molecule has 3 rings (SSSR count). The van der Waals surface area contributed by atoms with Crippen LogP contribution in [0.3, 0.4) is 0 Å². The third kappa shape index (κ3) is 3.89. The zero-order valence-electron chi connectivity index (χ0n) is 16.3. The highest BCUT2D eigenvalue weighted by Crippen LogP contribution is 2.65. The molecule has 0 aromatic heterocycles. The maximum atomic E-state index is 13.4. The van der Waals surface area contributed by atoms with Gasteiger partial charge in [0.2, 0.25) is 5.91 Å². The number of alkyl halides is 6. The van der Waals surface area contributed by atoms with Crippen molar-refractivity contribution in [2.45, 2.75) is 50.6 Å². The van der Waals surface area contributed by atoms with Gasteiger partial charge in [0.25, 0.3) is 10.1 Å². The molecule has 0 aromatic carbocycles. The number of ether oxygens (including phenoxy) is 1. The number of fused-ring (bicyclic) bond motifs is 5. The van der Waals surface area contributed by atoms with E-state index in [-0.39, 0.29) is 24.2 Å². The van der Waals surface area contributed by atoms with Gasteiger partial charge in [0.1, 0.15) is 5.75 Å². The van der Waals surface area contributed by atoms with E-state index in [0.29, 0.717) is 25.9 Å². The molecule has 1 aliphatic heterocycles. The lowest BCUT2D eigenvalue weighted by Gasteiger charge is -2.38. The van der Waals surface area contributed by atoms with Gasteiger partial charge >= 0.3 is 23.9 Å². The van der Waals surface area contributed by atoms with Gasteiger partial charge in [0, 0.05) is 19.0 Å². The normalized spacial score (nSPS) is 31.3. The van der Waals surface area contributed by atoms with E-state index in [9.17, 15) is 44.3 Å². The van der Waals surface area contributed by atoms with Crippen LogP contribution in [0.4, 0.5) is 26.3 Å². The van der Waals surface area contributed by atoms with Gasteiger partial charge in [-0.15, -0.1) is 0 Å². The van der Waals surface area contributed by atoms with Crippen LogP contribution in [-0.2, 0) is 24.4 Å². The third-order valence-electron chi connectivity index (χ3n) is 6.85. The molecule has 4 unspecified atom stereocenters. The van der Waals surface area contributed by atoms with Crippen LogP contribution in [0.5, 0.6) is 0 Å². The minimum Gasteiger partial charge on any atom is -0.438 e. The molecule has 3 fully saturated rings. The van der Waals surface area contributed by atoms with Crippen molar-refractivity contribution >= 4 is 22.0 Å². The quantitative estimate of drug-likeness (QED) is 0.356. The van der Waals surface area contributed by atoms with Crippen LogP contribution >= 0.6 is 0 Å². The van der Waals surface area contributed by atoms with Gasteiger partial charge in [-0.3, -0.25) is 14.1 Å². The fourth-order valence-electron chi connectivity index (χ4n) is 5.61. The third-order valence-corrected chi connectivity index (χ3v) is 7.62. The molecular formula is C17H21F6NO6S. The summed E-state index contributed by atoms with van der Waals surface area (Å²) in [5, 5.41) is 0. The van der Waals surface area contributed by atoms with Crippen molar-refractivity contribution in [2.75, 3.05) is 18.8 Å². The lowest BCUT2D eigenvalue weighted by molar-refractivity contribution is -0.361. The van der Waals surface area contributed by atoms with Gasteiger partial charge in [-0.2, -0.15) is 34.8 Å². The van der Waals surface area contributed by atoms with Gasteiger partial charge in [0.05, 0.1) is 6.42 Å². The predicted octanol–water partition coefficient (Wildman–Crippen LogP) is 2.57. The molecule has 1 saturated heterocycles. The highest BCUT2D eigenvalue weighted by Gasteiger charge is 2.76. The Hall–Kier alpha value is -1.57. The van der Waals surface area contributed by atoms with Crippen LogP contribution in [0.25, 0.3) is 0 Å². The Balaban J connectivity index is 1.91. The van der Waals surface area contributed by atoms with Gasteiger partial charge in [-0.25, -0.2) is 0 Å². The highest BCUT2D eigenvalue weighted by atomic mass is 32.2. The van der Waals surface area contributed by atoms with Crippen molar-refractivity contribution in [1.82, 2.24) is 4.90 Å². The Kier molecular flexibility index (Phi) is 5.61. The standard InChI is InChI=1S/C17H21F6NO6S/c1-2-24-7-10-9-3-4-14(5-9,12(10)13(24)26)6-11(25)30-15(16(18,19)20,17(21,22)23)8-31(27,28)29/h9-10,12H,2-8H2,1H3,(H,27,28,29). The molecule has 31 heavy (non-hydrogen) atoms. The van der Waals surface area contributed by atoms with E-state index in [1.54, 1.807) is 11.8 Å². The summed E-state index contributed by atoms with van der Waals surface area (Å²) in [4.78, 5) is 26.6. The number of nitrogens with zero attached hydrogens (tertiary/aromatic N) is 1. The molecule has 2 aliphatic carbocycles. The largest absolute Gasteiger partial charge is 0.438 e. The van der Waals surface area contributed by atoms with Crippen LogP contribution in [0, 0.1) is 23.2 Å². The molecule has 1 N–H and O–H groups in total. The van der Waals surface area contributed by atoms with Crippen molar-refractivity contribution in [3.63, 3.8) is 0 Å². The molecular weight excluding hydrogens is 460 g/mol. The summed E-state index contributed by atoms with van der Waals surface area (Å²) in [5.74, 6) is -5.94. The molecule has 3 aliphatic rings. The first-order valence-corrected chi connectivity index (χ1v) is 11.2. The molecule has 2 saturated carbocycles. The van der Waals surface area contributed by atoms with Gasteiger partial charge in [-0.05, 0) is 43.4 Å². The minimum atomic E-state index is -6.37. The summed E-state index contributed by atoms with van der Waals surface area (Å²) >= 11 is 0. The van der Waals surface area contributed by atoms with Crippen molar-refractivity contribution in [2.24, 2.45) is 23.2 Å². The lowest BCUT2D eigenvalue weighted by atomic mass is 9.69. The number of hydrogen-bond acceptors (Lipinski definition) is 5. The van der Waals surface area contributed by atoms with Crippen LogP contribution in [0.2, 0.25) is 0 Å². The Morgan fingerprint density at radius 3 is 2.29 bits per heavy atom. The number of likely N-dealkylation sites (tertiary alicyclic amines) is 1. The number of hydrogen-bond donors (Lipinski definition) is 1. The predicted molar refractivity (Wildman–Crippen MR) is 91.0 cm³/mol. The van der Waals surface area contributed by atoms with Crippen LogP contribution in [-0.4, -0.2) is 66.5 Å². The molecule has 1 amide bonds. The first kappa shape index (κ1) is 24.1. The average Bonchev–Trinajstić information content (AvgIpc) is 3.20. The Bertz CT molecular complexity index is 857. The number of rotatable bonds is 6. The number of amides is 1. The second-order valence-electron chi connectivity index (χ2n) is 8.58. The van der Waals surface area contributed by atoms with Crippen LogP contribution in [0.15, 0.2) is 0 Å². The summed E-state index contributed by atoms with van der Waals surface area (Å²) in [5.41, 5.74) is -6.55. The van der Waals surface area contributed by atoms with Crippen molar-refractivity contribution in [3.05, 3.63) is 0 Å². The lowest BCUT2D eigenvalue weighted by Crippen LogP contribution is -2.63. The van der Waals surface area contributed by atoms with E-state index in [0.717, 1.165) is 0 Å². The van der Waals surface area contributed by atoms with E-state index >= 15 is 0 Å². The van der Waals surface area contributed by atoms with Gasteiger partial charge in [-0.1, -0.05) is 0 Å². The van der Waals surface area contributed by atoms with Gasteiger partial charge < -0.3 is 9.64 Å². The minimum absolute atomic E-state index is 0.0195. The van der Waals surface area contributed by atoms with Crippen LogP contribution in [0.1, 0.15) is 32.6 Å². The maximum Gasteiger partial charge on any atom is 0.438 e. The Labute approximate surface area is 173 Å². The zero-order chi connectivity index (χ0) is 23.6. The summed E-state index contributed by atoms with van der Waals surface area (Å²) < 4.78 is 115. The SMILES string of the molecule is CCN1CC2C3CCC(CC(=O)OC(CS(=O)(=O)O)(C(F)(F)F)C(F)(F)F)(C3)C2C1=O. The summed E-state index contributed by atoms with van der Waals surface area (Å²) in [6.45, 7) is 2.54. The van der Waals surface area contributed by atoms with E-state index in [1.165, 1.54) is 0 Å². The van der Waals surface area contributed by atoms with Crippen molar-refractivity contribution in [1.29, 1.82) is 0 Å². The smallest absolute Gasteiger partial charge is 0.438 e. The second-order valence-corrected chi connectivity index (χ2v) is 10.0. The van der Waals surface area contributed by atoms with E-state index in [1.807, 2.05) is 0 Å². The average molecular weight is 481 g/mol. The topological polar surface area (TPSA) is 101 Å². The molecule has 0 radical (unpaired) electrons. The number of esters is 1. The Morgan fingerprint density at radius 1 is 1.23 bits per heavy atom. The van der Waals surface area contributed by atoms with Gasteiger partial charge in [0.15, 0.2) is 0 Å². The molecule has 4 atom stereocenters. The number of carbonyl (C=O) groups is 2. The van der Waals surface area contributed by atoms with E-state index in [4.69, 9.17) is 4.55 Å². The molecule has 0 spiro atoms. The summed E-state index contributed by atoms with van der Waals surface area (Å²) in [7, 11) is -5.85. The maximum absolute atomic E-state index is 13.4. The highest BCUT2D eigenvalue weighted by molar-refractivity contribution is 7.85. The Morgan fingerprint density at radius 2 is 1.81 bits per heavy atom. The summed E-state index contributed by atoms with van der Waals surface area (Å²) in [6.07, 6.45) is -12.5. The number of carbonyl (C=O) groups excluding carboxylic acids is 2. The number of halogens is 6. The van der Waals surface area contributed by atoms with Crippen molar-refractivity contribution in [3.8, 4) is 0 Å². The fraction of sp³-hybridized carbons (Fsp3) is 0.882. The van der Waals surface area contributed by atoms with Crippen LogP contribution < -0.4 is 0 Å². The van der Waals surface area contributed by atoms with Crippen molar-refractivity contribution < 1.29 is 53.6 Å². The fourth-order valence-corrected chi connectivity index (χ4v) is 6.51.